The van der Waals surface area contributed by atoms with E-state index in [1.807, 2.05) is 0 Å². The lowest BCUT2D eigenvalue weighted by Crippen LogP contribution is -2.23. The fraction of sp³-hybridized carbons (Fsp3) is 0.267. The van der Waals surface area contributed by atoms with Crippen molar-refractivity contribution in [2.24, 2.45) is 0 Å². The van der Waals surface area contributed by atoms with Gasteiger partial charge in [-0.05, 0) is 24.6 Å². The Morgan fingerprint density at radius 1 is 1.24 bits per heavy atom. The van der Waals surface area contributed by atoms with E-state index >= 15 is 0 Å². The molecule has 0 bridgehead atoms. The van der Waals surface area contributed by atoms with E-state index in [9.17, 15) is 19.5 Å². The number of Topliss-reactive ketones (excluding diaryl/α,β-unsaturated/α-hetero) is 1. The molecule has 0 saturated carbocycles. The first-order chi connectivity index (χ1) is 9.84. The van der Waals surface area contributed by atoms with Gasteiger partial charge in [-0.3, -0.25) is 4.79 Å². The second-order valence-electron chi connectivity index (χ2n) is 4.44. The average Bonchev–Trinajstić information content (AvgIpc) is 2.45. The molecule has 0 radical (unpaired) electrons. The Hall–Kier alpha value is -2.47. The lowest BCUT2D eigenvalue weighted by Gasteiger charge is -2.10. The van der Waals surface area contributed by atoms with Crippen LogP contribution < -0.4 is 0 Å². The third-order valence-corrected chi connectivity index (χ3v) is 2.73. The number of carboxylic acid groups (broad SMARTS) is 1. The average molecular weight is 292 g/mol. The molecule has 112 valence electrons. The van der Waals surface area contributed by atoms with Crippen LogP contribution >= 0.6 is 0 Å². The summed E-state index contributed by atoms with van der Waals surface area (Å²) in [6, 6.07) is 5.64. The van der Waals surface area contributed by atoms with Crippen molar-refractivity contribution in [1.29, 1.82) is 0 Å². The van der Waals surface area contributed by atoms with Gasteiger partial charge >= 0.3 is 11.9 Å². The third-order valence-electron chi connectivity index (χ3n) is 2.73. The quantitative estimate of drug-likeness (QED) is 0.582. The Kier molecular flexibility index (Phi) is 5.80. The summed E-state index contributed by atoms with van der Waals surface area (Å²) in [6.45, 7) is 4.69. The van der Waals surface area contributed by atoms with Crippen molar-refractivity contribution < 1.29 is 29.3 Å². The minimum Gasteiger partial charge on any atom is -0.478 e. The van der Waals surface area contributed by atoms with Crippen molar-refractivity contribution in [1.82, 2.24) is 0 Å². The molecule has 1 rings (SSSR count). The van der Waals surface area contributed by atoms with Gasteiger partial charge in [0.25, 0.3) is 0 Å². The van der Waals surface area contributed by atoms with E-state index in [0.29, 0.717) is 0 Å². The van der Waals surface area contributed by atoms with Gasteiger partial charge in [-0.15, -0.1) is 0 Å². The number of aliphatic hydroxyl groups is 1. The summed E-state index contributed by atoms with van der Waals surface area (Å²) < 4.78 is 4.88. The Bertz CT molecular complexity index is 575. The minimum atomic E-state index is -1.29. The summed E-state index contributed by atoms with van der Waals surface area (Å²) in [5.74, 6) is -2.57. The van der Waals surface area contributed by atoms with Gasteiger partial charge in [-0.25, -0.2) is 9.59 Å². The molecular formula is C15H16O6. The Balaban J connectivity index is 2.61. The Morgan fingerprint density at radius 2 is 1.81 bits per heavy atom. The smallest absolute Gasteiger partial charge is 0.339 e. The van der Waals surface area contributed by atoms with Crippen LogP contribution in [0.1, 0.15) is 34.1 Å². The lowest BCUT2D eigenvalue weighted by atomic mass is 10.1. The van der Waals surface area contributed by atoms with Crippen LogP contribution in [-0.2, 0) is 9.53 Å². The van der Waals surface area contributed by atoms with Crippen LogP contribution in [0.15, 0.2) is 36.4 Å². The zero-order valence-electron chi connectivity index (χ0n) is 11.5. The molecule has 6 nitrogen and oxygen atoms in total. The number of aromatic carboxylic acids is 1. The van der Waals surface area contributed by atoms with Crippen LogP contribution in [0.4, 0.5) is 0 Å². The van der Waals surface area contributed by atoms with E-state index in [1.54, 1.807) is 0 Å². The number of hydrogen-bond acceptors (Lipinski definition) is 5. The lowest BCUT2D eigenvalue weighted by molar-refractivity contribution is -0.124. The fourth-order valence-corrected chi connectivity index (χ4v) is 1.60. The highest BCUT2D eigenvalue weighted by Crippen LogP contribution is 2.11. The molecule has 2 N–H and O–H groups in total. The molecule has 0 aliphatic heterocycles. The predicted octanol–water partition coefficient (Wildman–Crippen LogP) is 1.44. The maximum absolute atomic E-state index is 11.8. The van der Waals surface area contributed by atoms with Gasteiger partial charge in [0.05, 0.1) is 17.7 Å². The molecule has 0 saturated heterocycles. The van der Waals surface area contributed by atoms with Gasteiger partial charge in [0.15, 0.2) is 5.78 Å². The van der Waals surface area contributed by atoms with E-state index in [1.165, 1.54) is 31.2 Å². The highest BCUT2D eigenvalue weighted by Gasteiger charge is 2.19. The molecule has 1 unspecified atom stereocenters. The number of esters is 1. The number of carbonyl (C=O) groups excluding carboxylic acids is 2. The predicted molar refractivity (Wildman–Crippen MR) is 74.1 cm³/mol. The molecule has 0 amide bonds. The number of hydrogen-bond donors (Lipinski definition) is 2. The maximum Gasteiger partial charge on any atom is 0.339 e. The molecule has 0 fully saturated rings. The molecule has 0 aliphatic rings. The summed E-state index contributed by atoms with van der Waals surface area (Å²) in [5.41, 5.74) is -0.0307. The third kappa shape index (κ3) is 4.54. The number of aliphatic hydroxyl groups excluding tert-OH is 1. The van der Waals surface area contributed by atoms with Crippen LogP contribution in [0.3, 0.4) is 0 Å². The van der Waals surface area contributed by atoms with E-state index in [4.69, 9.17) is 9.84 Å². The van der Waals surface area contributed by atoms with Gasteiger partial charge in [0.2, 0.25) is 0 Å². The van der Waals surface area contributed by atoms with Gasteiger partial charge < -0.3 is 14.9 Å². The summed E-state index contributed by atoms with van der Waals surface area (Å²) in [4.78, 5) is 34.1. The van der Waals surface area contributed by atoms with Crippen molar-refractivity contribution in [2.45, 2.75) is 19.4 Å². The van der Waals surface area contributed by atoms with Crippen LogP contribution in [-0.4, -0.2) is 40.6 Å². The fourth-order valence-electron chi connectivity index (χ4n) is 1.60. The SMILES string of the molecule is C=C(C)C(=O)C(O)CCOC(=O)c1ccccc1C(=O)O. The molecular weight excluding hydrogens is 276 g/mol. The van der Waals surface area contributed by atoms with Gasteiger partial charge in [-0.1, -0.05) is 18.7 Å². The van der Waals surface area contributed by atoms with E-state index in [-0.39, 0.29) is 29.7 Å². The van der Waals surface area contributed by atoms with Crippen LogP contribution in [0.25, 0.3) is 0 Å². The zero-order valence-corrected chi connectivity index (χ0v) is 11.5. The standard InChI is InChI=1S/C15H16O6/c1-9(2)13(17)12(16)7-8-21-15(20)11-6-4-3-5-10(11)14(18)19/h3-6,12,16H,1,7-8H2,2H3,(H,18,19). The van der Waals surface area contributed by atoms with Crippen molar-refractivity contribution in [2.75, 3.05) is 6.61 Å². The van der Waals surface area contributed by atoms with Crippen molar-refractivity contribution >= 4 is 17.7 Å². The number of carbonyl (C=O) groups is 3. The van der Waals surface area contributed by atoms with E-state index in [0.717, 1.165) is 0 Å². The van der Waals surface area contributed by atoms with Crippen LogP contribution in [0.2, 0.25) is 0 Å². The Morgan fingerprint density at radius 3 is 2.33 bits per heavy atom. The van der Waals surface area contributed by atoms with Crippen LogP contribution in [0, 0.1) is 0 Å². The molecule has 1 aromatic rings. The first-order valence-electron chi connectivity index (χ1n) is 6.21. The van der Waals surface area contributed by atoms with Crippen LogP contribution in [0.5, 0.6) is 0 Å². The van der Waals surface area contributed by atoms with E-state index < -0.39 is 23.8 Å². The normalized spacial score (nSPS) is 11.5. The molecule has 1 atom stereocenters. The number of carboxylic acids is 1. The highest BCUT2D eigenvalue weighted by atomic mass is 16.5. The first-order valence-corrected chi connectivity index (χ1v) is 6.21. The summed E-state index contributed by atoms with van der Waals surface area (Å²) in [5, 5.41) is 18.5. The molecule has 6 heteroatoms. The van der Waals surface area contributed by atoms with Gasteiger partial charge in [0, 0.05) is 6.42 Å². The summed E-state index contributed by atoms with van der Waals surface area (Å²) in [7, 11) is 0. The molecule has 0 spiro atoms. The molecule has 0 aliphatic carbocycles. The molecule has 0 aromatic heterocycles. The van der Waals surface area contributed by atoms with E-state index in [2.05, 4.69) is 6.58 Å². The second-order valence-corrected chi connectivity index (χ2v) is 4.44. The summed E-state index contributed by atoms with van der Waals surface area (Å²) >= 11 is 0. The second kappa shape index (κ2) is 7.35. The van der Waals surface area contributed by atoms with Gasteiger partial charge in [0.1, 0.15) is 6.10 Å². The summed E-state index contributed by atoms with van der Waals surface area (Å²) in [6.07, 6.45) is -1.36. The minimum absolute atomic E-state index is 0.0767. The number of benzene rings is 1. The molecule has 1 aromatic carbocycles. The zero-order chi connectivity index (χ0) is 16.0. The number of ether oxygens (including phenoxy) is 1. The monoisotopic (exact) mass is 292 g/mol. The topological polar surface area (TPSA) is 101 Å². The number of rotatable bonds is 7. The first kappa shape index (κ1) is 16.6. The highest BCUT2D eigenvalue weighted by molar-refractivity contribution is 6.02. The largest absolute Gasteiger partial charge is 0.478 e. The molecule has 21 heavy (non-hydrogen) atoms. The van der Waals surface area contributed by atoms with Crippen molar-refractivity contribution in [3.63, 3.8) is 0 Å². The van der Waals surface area contributed by atoms with Crippen molar-refractivity contribution in [3.8, 4) is 0 Å². The molecule has 0 heterocycles. The number of ketones is 1. The van der Waals surface area contributed by atoms with Gasteiger partial charge in [-0.2, -0.15) is 0 Å². The Labute approximate surface area is 121 Å². The van der Waals surface area contributed by atoms with Crippen molar-refractivity contribution in [3.05, 3.63) is 47.5 Å². The maximum atomic E-state index is 11.8.